The molecule has 1 N–H and O–H groups in total. The topological polar surface area (TPSA) is 38.3 Å². The van der Waals surface area contributed by atoms with Crippen LogP contribution in [0.5, 0.6) is 0 Å². The highest BCUT2D eigenvalue weighted by molar-refractivity contribution is 7.75. The Balaban J connectivity index is 3.04. The minimum absolute atomic E-state index is 0.101. The van der Waals surface area contributed by atoms with E-state index < -0.39 is 0 Å². The fourth-order valence-corrected chi connectivity index (χ4v) is 0.916. The van der Waals surface area contributed by atoms with Crippen molar-refractivity contribution in [3.63, 3.8) is 0 Å². The number of carbonyl (C=O) groups excluding carboxylic acids is 1. The second-order valence-electron chi connectivity index (χ2n) is 2.43. The van der Waals surface area contributed by atoms with Crippen LogP contribution >= 0.6 is 12.9 Å². The first-order valence-electron chi connectivity index (χ1n) is 3.90. The zero-order valence-corrected chi connectivity index (χ0v) is 7.69. The number of rotatable bonds is 6. The van der Waals surface area contributed by atoms with Crippen LogP contribution in [0.15, 0.2) is 0 Å². The Labute approximate surface area is 73.1 Å². The van der Waals surface area contributed by atoms with Gasteiger partial charge in [-0.3, -0.25) is 4.79 Å². The summed E-state index contributed by atoms with van der Waals surface area (Å²) >= 11 is 3.39. The molecule has 0 aliphatic carbocycles. The van der Waals surface area contributed by atoms with E-state index in [1.165, 1.54) is 12.8 Å². The standard InChI is InChI=1S/C7H15NO2S/c1-2-3-4-5-6-7(9)8-10-11/h11H,2-6H2,1H3,(H,8,9). The Hall–Kier alpha value is -0.220. The third kappa shape index (κ3) is 7.68. The van der Waals surface area contributed by atoms with Crippen LogP contribution in [0.2, 0.25) is 0 Å². The third-order valence-electron chi connectivity index (χ3n) is 1.42. The van der Waals surface area contributed by atoms with Crippen molar-refractivity contribution in [2.75, 3.05) is 0 Å². The molecule has 0 rings (SSSR count). The molecule has 0 aromatic heterocycles. The number of unbranched alkanes of at least 4 members (excludes halogenated alkanes) is 3. The van der Waals surface area contributed by atoms with Crippen LogP contribution in [0.4, 0.5) is 0 Å². The van der Waals surface area contributed by atoms with Gasteiger partial charge in [0.25, 0.3) is 0 Å². The van der Waals surface area contributed by atoms with E-state index in [-0.39, 0.29) is 5.91 Å². The molecule has 0 fully saturated rings. The van der Waals surface area contributed by atoms with E-state index in [4.69, 9.17) is 0 Å². The lowest BCUT2D eigenvalue weighted by atomic mass is 10.1. The molecular formula is C7H15NO2S. The van der Waals surface area contributed by atoms with Gasteiger partial charge in [-0.25, -0.2) is 9.76 Å². The normalized spacial score (nSPS) is 9.64. The Morgan fingerprint density at radius 3 is 2.73 bits per heavy atom. The van der Waals surface area contributed by atoms with Gasteiger partial charge in [0.15, 0.2) is 0 Å². The second kappa shape index (κ2) is 7.88. The van der Waals surface area contributed by atoms with Gasteiger partial charge in [-0.15, -0.1) is 0 Å². The summed E-state index contributed by atoms with van der Waals surface area (Å²) in [5, 5.41) is 0. The summed E-state index contributed by atoms with van der Waals surface area (Å²) in [6, 6.07) is 0. The number of hydrogen-bond acceptors (Lipinski definition) is 3. The molecule has 0 aliphatic heterocycles. The Morgan fingerprint density at radius 2 is 2.18 bits per heavy atom. The summed E-state index contributed by atoms with van der Waals surface area (Å²) in [6.45, 7) is 2.14. The summed E-state index contributed by atoms with van der Waals surface area (Å²) in [5.41, 5.74) is 2.15. The Morgan fingerprint density at radius 1 is 1.45 bits per heavy atom. The van der Waals surface area contributed by atoms with E-state index in [0.717, 1.165) is 12.8 Å². The molecule has 0 aromatic rings. The molecular weight excluding hydrogens is 162 g/mol. The molecule has 0 saturated heterocycles. The molecule has 0 aliphatic rings. The lowest BCUT2D eigenvalue weighted by Crippen LogP contribution is -2.19. The van der Waals surface area contributed by atoms with Crippen molar-refractivity contribution < 1.29 is 9.08 Å². The first kappa shape index (κ1) is 10.8. The lowest BCUT2D eigenvalue weighted by molar-refractivity contribution is -0.127. The van der Waals surface area contributed by atoms with Gasteiger partial charge >= 0.3 is 0 Å². The van der Waals surface area contributed by atoms with Gasteiger partial charge in [0.1, 0.15) is 0 Å². The van der Waals surface area contributed by atoms with Gasteiger partial charge < -0.3 is 0 Å². The zero-order chi connectivity index (χ0) is 8.53. The van der Waals surface area contributed by atoms with E-state index in [0.29, 0.717) is 6.42 Å². The largest absolute Gasteiger partial charge is 0.273 e. The maximum Gasteiger partial charge on any atom is 0.244 e. The summed E-state index contributed by atoms with van der Waals surface area (Å²) in [4.78, 5) is 10.7. The quantitative estimate of drug-likeness (QED) is 0.281. The number of thiol groups is 1. The maximum absolute atomic E-state index is 10.7. The van der Waals surface area contributed by atoms with E-state index in [1.807, 2.05) is 0 Å². The van der Waals surface area contributed by atoms with Gasteiger partial charge in [0.2, 0.25) is 5.91 Å². The number of hydrogen-bond donors (Lipinski definition) is 2. The van der Waals surface area contributed by atoms with Crippen LogP contribution in [0, 0.1) is 0 Å². The molecule has 1 amide bonds. The zero-order valence-electron chi connectivity index (χ0n) is 6.80. The van der Waals surface area contributed by atoms with Crippen LogP contribution in [-0.2, 0) is 9.08 Å². The van der Waals surface area contributed by atoms with Crippen LogP contribution in [0.1, 0.15) is 39.0 Å². The first-order valence-corrected chi connectivity index (χ1v) is 4.27. The van der Waals surface area contributed by atoms with Crippen LogP contribution in [0.25, 0.3) is 0 Å². The number of carbonyl (C=O) groups is 1. The molecule has 0 heterocycles. The fourth-order valence-electron chi connectivity index (χ4n) is 0.814. The number of hydroxylamine groups is 1. The minimum Gasteiger partial charge on any atom is -0.273 e. The summed E-state index contributed by atoms with van der Waals surface area (Å²) in [5.74, 6) is -0.101. The number of amides is 1. The van der Waals surface area contributed by atoms with Gasteiger partial charge in [-0.2, -0.15) is 0 Å². The molecule has 0 atom stereocenters. The second-order valence-corrected chi connectivity index (χ2v) is 2.61. The van der Waals surface area contributed by atoms with Crippen molar-refractivity contribution in [2.45, 2.75) is 39.0 Å². The Bertz CT molecular complexity index is 109. The molecule has 66 valence electrons. The minimum atomic E-state index is -0.101. The molecule has 0 spiro atoms. The third-order valence-corrected chi connectivity index (χ3v) is 1.51. The Kier molecular flexibility index (Phi) is 7.72. The van der Waals surface area contributed by atoms with E-state index in [9.17, 15) is 4.79 Å². The van der Waals surface area contributed by atoms with Gasteiger partial charge in [-0.05, 0) is 6.42 Å². The lowest BCUT2D eigenvalue weighted by Gasteiger charge is -1.99. The average molecular weight is 177 g/mol. The van der Waals surface area contributed by atoms with Crippen molar-refractivity contribution in [2.24, 2.45) is 0 Å². The van der Waals surface area contributed by atoms with Crippen LogP contribution in [-0.4, -0.2) is 5.91 Å². The SMILES string of the molecule is CCCCCCC(=O)NOS. The highest BCUT2D eigenvalue weighted by Crippen LogP contribution is 2.01. The van der Waals surface area contributed by atoms with Crippen molar-refractivity contribution in [3.8, 4) is 0 Å². The summed E-state index contributed by atoms with van der Waals surface area (Å²) in [6.07, 6.45) is 4.94. The monoisotopic (exact) mass is 177 g/mol. The van der Waals surface area contributed by atoms with Crippen LogP contribution < -0.4 is 5.48 Å². The van der Waals surface area contributed by atoms with Crippen molar-refractivity contribution in [3.05, 3.63) is 0 Å². The molecule has 0 unspecified atom stereocenters. The highest BCUT2D eigenvalue weighted by atomic mass is 32.1. The molecule has 0 aromatic carbocycles. The predicted molar refractivity (Wildman–Crippen MR) is 47.0 cm³/mol. The molecule has 3 nitrogen and oxygen atoms in total. The van der Waals surface area contributed by atoms with E-state index in [2.05, 4.69) is 29.6 Å². The van der Waals surface area contributed by atoms with Crippen molar-refractivity contribution >= 4 is 18.8 Å². The first-order chi connectivity index (χ1) is 5.31. The van der Waals surface area contributed by atoms with Gasteiger partial charge in [0, 0.05) is 19.3 Å². The molecule has 0 saturated carbocycles. The summed E-state index contributed by atoms with van der Waals surface area (Å²) < 4.78 is 4.16. The van der Waals surface area contributed by atoms with Gasteiger partial charge in [-0.1, -0.05) is 26.2 Å². The van der Waals surface area contributed by atoms with Gasteiger partial charge in [0.05, 0.1) is 0 Å². The van der Waals surface area contributed by atoms with E-state index in [1.54, 1.807) is 0 Å². The molecule has 11 heavy (non-hydrogen) atoms. The average Bonchev–Trinajstić information content (AvgIpc) is 1.99. The fraction of sp³-hybridized carbons (Fsp3) is 0.857. The predicted octanol–water partition coefficient (Wildman–Crippen LogP) is 1.85. The number of nitrogens with one attached hydrogen (secondary N) is 1. The molecule has 0 radical (unpaired) electrons. The highest BCUT2D eigenvalue weighted by Gasteiger charge is 1.98. The molecule has 4 heteroatoms. The smallest absolute Gasteiger partial charge is 0.244 e. The van der Waals surface area contributed by atoms with E-state index >= 15 is 0 Å². The molecule has 0 bridgehead atoms. The summed E-state index contributed by atoms with van der Waals surface area (Å²) in [7, 11) is 0. The van der Waals surface area contributed by atoms with Crippen molar-refractivity contribution in [1.82, 2.24) is 5.48 Å². The van der Waals surface area contributed by atoms with Crippen molar-refractivity contribution in [1.29, 1.82) is 0 Å². The van der Waals surface area contributed by atoms with Crippen LogP contribution in [0.3, 0.4) is 0 Å². The maximum atomic E-state index is 10.7.